The number of hydrogen-bond donors (Lipinski definition) is 0. The second-order valence-electron chi connectivity index (χ2n) is 7.70. The summed E-state index contributed by atoms with van der Waals surface area (Å²) >= 11 is 0. The monoisotopic (exact) mass is 298 g/mol. The van der Waals surface area contributed by atoms with Crippen LogP contribution in [0.3, 0.4) is 0 Å². The Labute approximate surface area is 133 Å². The number of fused-ring (bicyclic) bond motifs is 1. The zero-order chi connectivity index (χ0) is 15.8. The van der Waals surface area contributed by atoms with Crippen molar-refractivity contribution in [2.75, 3.05) is 0 Å². The van der Waals surface area contributed by atoms with Crippen molar-refractivity contribution >= 4 is 5.97 Å². The Bertz CT molecular complexity index is 573. The van der Waals surface area contributed by atoms with E-state index in [4.69, 9.17) is 4.74 Å². The van der Waals surface area contributed by atoms with Crippen LogP contribution in [0.15, 0.2) is 42.5 Å². The molecule has 0 aliphatic heterocycles. The predicted octanol–water partition coefficient (Wildman–Crippen LogP) is 5.00. The van der Waals surface area contributed by atoms with Crippen LogP contribution in [-0.2, 0) is 4.74 Å². The van der Waals surface area contributed by atoms with E-state index in [-0.39, 0.29) is 22.9 Å². The fraction of sp³-hybridized carbons (Fsp3) is 0.550. The molecule has 2 nitrogen and oxygen atoms in total. The molecule has 2 heteroatoms. The van der Waals surface area contributed by atoms with Gasteiger partial charge in [0.1, 0.15) is 6.10 Å². The van der Waals surface area contributed by atoms with Gasteiger partial charge < -0.3 is 4.74 Å². The number of carbonyl (C=O) groups is 1. The molecule has 22 heavy (non-hydrogen) atoms. The number of allylic oxidation sites excluding steroid dienone is 1. The lowest BCUT2D eigenvalue weighted by molar-refractivity contribution is -0.0737. The molecule has 1 fully saturated rings. The Balaban J connectivity index is 1.83. The van der Waals surface area contributed by atoms with Gasteiger partial charge in [-0.2, -0.15) is 0 Å². The summed E-state index contributed by atoms with van der Waals surface area (Å²) < 4.78 is 5.95. The summed E-state index contributed by atoms with van der Waals surface area (Å²) in [5.41, 5.74) is 0.887. The zero-order valence-corrected chi connectivity index (χ0v) is 13.8. The minimum Gasteiger partial charge on any atom is -0.458 e. The van der Waals surface area contributed by atoms with Gasteiger partial charge in [0.25, 0.3) is 0 Å². The summed E-state index contributed by atoms with van der Waals surface area (Å²) in [6.07, 6.45) is 9.03. The number of rotatable bonds is 2. The lowest BCUT2D eigenvalue weighted by atomic mass is 9.53. The smallest absolute Gasteiger partial charge is 0.338 e. The quantitative estimate of drug-likeness (QED) is 0.567. The topological polar surface area (TPSA) is 26.3 Å². The third-order valence-corrected chi connectivity index (χ3v) is 5.73. The largest absolute Gasteiger partial charge is 0.458 e. The highest BCUT2D eigenvalue weighted by atomic mass is 16.5. The van der Waals surface area contributed by atoms with Crippen molar-refractivity contribution in [3.63, 3.8) is 0 Å². The number of ether oxygens (including phenoxy) is 1. The van der Waals surface area contributed by atoms with Crippen molar-refractivity contribution in [1.29, 1.82) is 0 Å². The second kappa shape index (κ2) is 5.57. The lowest BCUT2D eigenvalue weighted by Crippen LogP contribution is -2.50. The van der Waals surface area contributed by atoms with Gasteiger partial charge in [-0.1, -0.05) is 51.1 Å². The first-order valence-electron chi connectivity index (χ1n) is 8.37. The van der Waals surface area contributed by atoms with Gasteiger partial charge in [-0.05, 0) is 49.1 Å². The molecule has 0 radical (unpaired) electrons. The van der Waals surface area contributed by atoms with Gasteiger partial charge in [0.2, 0.25) is 0 Å². The summed E-state index contributed by atoms with van der Waals surface area (Å²) in [6.45, 7) is 6.97. The molecular weight excluding hydrogens is 272 g/mol. The molecule has 0 heterocycles. The molecule has 1 aromatic rings. The standard InChI is InChI=1S/C20H26O2/c1-19(2)13-8-14-20(3)16(19)11-7-12-17(20)22-18(21)15-9-5-4-6-10-15/h4-6,8-10,14,16-17H,7,11-13H2,1-3H3. The molecule has 3 rings (SSSR count). The van der Waals surface area contributed by atoms with E-state index in [2.05, 4.69) is 32.9 Å². The average Bonchev–Trinajstić information content (AvgIpc) is 2.49. The van der Waals surface area contributed by atoms with Crippen LogP contribution in [-0.4, -0.2) is 12.1 Å². The third-order valence-electron chi connectivity index (χ3n) is 5.73. The Hall–Kier alpha value is -1.57. The molecule has 1 saturated carbocycles. The van der Waals surface area contributed by atoms with Gasteiger partial charge in [-0.3, -0.25) is 0 Å². The molecule has 0 amide bonds. The highest BCUT2D eigenvalue weighted by molar-refractivity contribution is 5.89. The predicted molar refractivity (Wildman–Crippen MR) is 88.6 cm³/mol. The van der Waals surface area contributed by atoms with E-state index in [1.54, 1.807) is 0 Å². The summed E-state index contributed by atoms with van der Waals surface area (Å²) in [4.78, 5) is 12.4. The van der Waals surface area contributed by atoms with Crippen LogP contribution in [0.5, 0.6) is 0 Å². The second-order valence-corrected chi connectivity index (χ2v) is 7.70. The highest BCUT2D eigenvalue weighted by Gasteiger charge is 2.51. The highest BCUT2D eigenvalue weighted by Crippen LogP contribution is 2.55. The Kier molecular flexibility index (Phi) is 3.88. The van der Waals surface area contributed by atoms with E-state index in [1.807, 2.05) is 30.3 Å². The molecule has 2 aliphatic rings. The molecular formula is C20H26O2. The molecule has 3 unspecified atom stereocenters. The molecule has 0 N–H and O–H groups in total. The lowest BCUT2D eigenvalue weighted by Gasteiger charge is -2.53. The van der Waals surface area contributed by atoms with Gasteiger partial charge in [0.15, 0.2) is 0 Å². The molecule has 1 aromatic carbocycles. The first kappa shape index (κ1) is 15.3. The summed E-state index contributed by atoms with van der Waals surface area (Å²) in [5.74, 6) is 0.386. The number of carbonyl (C=O) groups excluding carboxylic acids is 1. The van der Waals surface area contributed by atoms with Gasteiger partial charge >= 0.3 is 5.97 Å². The van der Waals surface area contributed by atoms with Crippen LogP contribution < -0.4 is 0 Å². The van der Waals surface area contributed by atoms with Crippen molar-refractivity contribution in [2.24, 2.45) is 16.7 Å². The van der Waals surface area contributed by atoms with Gasteiger partial charge in [-0.15, -0.1) is 0 Å². The maximum Gasteiger partial charge on any atom is 0.338 e. The SMILES string of the molecule is CC1(C)CC=CC2(C)C(OC(=O)c3ccccc3)CCCC12. The van der Waals surface area contributed by atoms with Crippen molar-refractivity contribution < 1.29 is 9.53 Å². The first-order chi connectivity index (χ1) is 10.4. The van der Waals surface area contributed by atoms with Crippen LogP contribution >= 0.6 is 0 Å². The maximum atomic E-state index is 12.4. The Morgan fingerprint density at radius 2 is 1.86 bits per heavy atom. The fourth-order valence-corrected chi connectivity index (χ4v) is 4.53. The molecule has 0 bridgehead atoms. The number of benzene rings is 1. The fourth-order valence-electron chi connectivity index (χ4n) is 4.53. The van der Waals surface area contributed by atoms with Crippen LogP contribution in [0.25, 0.3) is 0 Å². The average molecular weight is 298 g/mol. The van der Waals surface area contributed by atoms with Crippen molar-refractivity contribution in [3.8, 4) is 0 Å². The van der Waals surface area contributed by atoms with Gasteiger partial charge in [0.05, 0.1) is 5.56 Å². The van der Waals surface area contributed by atoms with E-state index in [0.717, 1.165) is 19.3 Å². The minimum absolute atomic E-state index is 0.0187. The molecule has 118 valence electrons. The summed E-state index contributed by atoms with van der Waals surface area (Å²) in [5, 5.41) is 0. The number of esters is 1. The van der Waals surface area contributed by atoms with E-state index < -0.39 is 0 Å². The van der Waals surface area contributed by atoms with E-state index >= 15 is 0 Å². The van der Waals surface area contributed by atoms with E-state index in [1.165, 1.54) is 6.42 Å². The molecule has 2 aliphatic carbocycles. The number of hydrogen-bond acceptors (Lipinski definition) is 2. The van der Waals surface area contributed by atoms with E-state index in [0.29, 0.717) is 11.5 Å². The molecule has 0 aromatic heterocycles. The van der Waals surface area contributed by atoms with Gasteiger partial charge in [0, 0.05) is 5.41 Å². The zero-order valence-electron chi connectivity index (χ0n) is 13.8. The molecule has 0 saturated heterocycles. The van der Waals surface area contributed by atoms with Crippen LogP contribution in [0.4, 0.5) is 0 Å². The van der Waals surface area contributed by atoms with Crippen LogP contribution in [0.1, 0.15) is 56.8 Å². The van der Waals surface area contributed by atoms with Crippen LogP contribution in [0, 0.1) is 16.7 Å². The molecule has 0 spiro atoms. The van der Waals surface area contributed by atoms with E-state index in [9.17, 15) is 4.79 Å². The maximum absolute atomic E-state index is 12.4. The summed E-state index contributed by atoms with van der Waals surface area (Å²) in [6, 6.07) is 9.33. The molecule has 3 atom stereocenters. The third kappa shape index (κ3) is 2.60. The Morgan fingerprint density at radius 3 is 2.59 bits per heavy atom. The van der Waals surface area contributed by atoms with Crippen molar-refractivity contribution in [3.05, 3.63) is 48.0 Å². The normalized spacial score (nSPS) is 33.0. The first-order valence-corrected chi connectivity index (χ1v) is 8.37. The van der Waals surface area contributed by atoms with Crippen LogP contribution in [0.2, 0.25) is 0 Å². The van der Waals surface area contributed by atoms with Crippen molar-refractivity contribution in [2.45, 2.75) is 52.6 Å². The minimum atomic E-state index is -0.191. The Morgan fingerprint density at radius 1 is 1.14 bits per heavy atom. The van der Waals surface area contributed by atoms with Crippen molar-refractivity contribution in [1.82, 2.24) is 0 Å². The van der Waals surface area contributed by atoms with Gasteiger partial charge in [-0.25, -0.2) is 4.79 Å². The summed E-state index contributed by atoms with van der Waals surface area (Å²) in [7, 11) is 0.